The standard InChI is InChI=1S/C27H32BrClN4O3S/c1-5-37-24-7-6-19(29)10-18(24)14-33-16-30-23-11-17(22(28)12-21(23)25(33)34)13-32-9-8-20(15-32)31-26(35)36-27(2,3)4/h6-7,10-12,16,20H,5,8-9,13-15H2,1-4H3,(H,31,35)/t20-/m1/s1. The van der Waals surface area contributed by atoms with Crippen molar-refractivity contribution in [3.8, 4) is 0 Å². The molecule has 0 spiro atoms. The van der Waals surface area contributed by atoms with Crippen LogP contribution in [0, 0.1) is 0 Å². The van der Waals surface area contributed by atoms with E-state index in [1.54, 1.807) is 22.7 Å². The molecule has 10 heteroatoms. The summed E-state index contributed by atoms with van der Waals surface area (Å²) in [6.07, 6.45) is 2.08. The van der Waals surface area contributed by atoms with Crippen molar-refractivity contribution >= 4 is 56.3 Å². The summed E-state index contributed by atoms with van der Waals surface area (Å²) >= 11 is 11.6. The van der Waals surface area contributed by atoms with Gasteiger partial charge in [-0.15, -0.1) is 11.8 Å². The molecule has 0 radical (unpaired) electrons. The first-order valence-electron chi connectivity index (χ1n) is 12.3. The van der Waals surface area contributed by atoms with Gasteiger partial charge < -0.3 is 10.1 Å². The molecule has 1 aromatic heterocycles. The second kappa shape index (κ2) is 11.8. The van der Waals surface area contributed by atoms with E-state index in [9.17, 15) is 9.59 Å². The van der Waals surface area contributed by atoms with Gasteiger partial charge in [-0.3, -0.25) is 14.3 Å². The number of rotatable bonds is 7. The van der Waals surface area contributed by atoms with E-state index in [0.717, 1.165) is 45.8 Å². The number of carbonyl (C=O) groups is 1. The molecule has 198 valence electrons. The van der Waals surface area contributed by atoms with Crippen LogP contribution in [0.2, 0.25) is 5.02 Å². The van der Waals surface area contributed by atoms with Gasteiger partial charge in [0.05, 0.1) is 23.8 Å². The van der Waals surface area contributed by atoms with Crippen LogP contribution in [0.1, 0.15) is 45.2 Å². The lowest BCUT2D eigenvalue weighted by Crippen LogP contribution is -2.40. The smallest absolute Gasteiger partial charge is 0.407 e. The van der Waals surface area contributed by atoms with Gasteiger partial charge >= 0.3 is 6.09 Å². The number of amides is 1. The maximum atomic E-state index is 13.3. The molecule has 0 aliphatic carbocycles. The molecule has 1 atom stereocenters. The Balaban J connectivity index is 1.48. The Hall–Kier alpha value is -2.07. The van der Waals surface area contributed by atoms with Crippen molar-refractivity contribution in [1.29, 1.82) is 0 Å². The van der Waals surface area contributed by atoms with Crippen LogP contribution in [0.3, 0.4) is 0 Å². The lowest BCUT2D eigenvalue weighted by molar-refractivity contribution is 0.0505. The number of aromatic nitrogens is 2. The van der Waals surface area contributed by atoms with Crippen LogP contribution < -0.4 is 10.9 Å². The fraction of sp³-hybridized carbons (Fsp3) is 0.444. The minimum absolute atomic E-state index is 0.0432. The van der Waals surface area contributed by atoms with Crippen molar-refractivity contribution in [1.82, 2.24) is 19.8 Å². The summed E-state index contributed by atoms with van der Waals surface area (Å²) in [7, 11) is 0. The van der Waals surface area contributed by atoms with E-state index >= 15 is 0 Å². The number of thioether (sulfide) groups is 1. The van der Waals surface area contributed by atoms with E-state index in [-0.39, 0.29) is 17.7 Å². The molecule has 1 saturated heterocycles. The van der Waals surface area contributed by atoms with E-state index in [4.69, 9.17) is 16.3 Å². The minimum atomic E-state index is -0.519. The Bertz CT molecular complexity index is 1360. The van der Waals surface area contributed by atoms with Gasteiger partial charge in [-0.05, 0) is 74.4 Å². The van der Waals surface area contributed by atoms with E-state index in [1.807, 2.05) is 51.1 Å². The zero-order valence-corrected chi connectivity index (χ0v) is 24.7. The zero-order valence-electron chi connectivity index (χ0n) is 21.5. The molecule has 37 heavy (non-hydrogen) atoms. The molecule has 0 bridgehead atoms. The van der Waals surface area contributed by atoms with Crippen LogP contribution in [-0.4, -0.2) is 51.0 Å². The molecule has 1 aliphatic rings. The predicted octanol–water partition coefficient (Wildman–Crippen LogP) is 6.07. The molecule has 1 N–H and O–H groups in total. The maximum Gasteiger partial charge on any atom is 0.407 e. The van der Waals surface area contributed by atoms with Crippen LogP contribution in [0.5, 0.6) is 0 Å². The third-order valence-electron chi connectivity index (χ3n) is 6.04. The fourth-order valence-corrected chi connectivity index (χ4v) is 5.86. The van der Waals surface area contributed by atoms with Crippen molar-refractivity contribution in [2.75, 3.05) is 18.8 Å². The number of carbonyl (C=O) groups excluding carboxylic acids is 1. The number of fused-ring (bicyclic) bond motifs is 1. The van der Waals surface area contributed by atoms with Crippen molar-refractivity contribution in [3.63, 3.8) is 0 Å². The number of hydrogen-bond donors (Lipinski definition) is 1. The summed E-state index contributed by atoms with van der Waals surface area (Å²) in [6.45, 7) is 10.3. The highest BCUT2D eigenvalue weighted by Crippen LogP contribution is 2.27. The average Bonchev–Trinajstić information content (AvgIpc) is 3.24. The fourth-order valence-electron chi connectivity index (χ4n) is 4.42. The second-order valence-electron chi connectivity index (χ2n) is 10.2. The molecular weight excluding hydrogens is 576 g/mol. The lowest BCUT2D eigenvalue weighted by atomic mass is 10.1. The summed E-state index contributed by atoms with van der Waals surface area (Å²) in [6, 6.07) is 9.66. The van der Waals surface area contributed by atoms with Crippen LogP contribution in [0.4, 0.5) is 4.79 Å². The van der Waals surface area contributed by atoms with Gasteiger partial charge in [-0.2, -0.15) is 0 Å². The number of nitrogens with one attached hydrogen (secondary N) is 1. The highest BCUT2D eigenvalue weighted by Gasteiger charge is 2.26. The first-order chi connectivity index (χ1) is 17.5. The summed E-state index contributed by atoms with van der Waals surface area (Å²) < 4.78 is 7.88. The topological polar surface area (TPSA) is 76.5 Å². The molecule has 0 unspecified atom stereocenters. The second-order valence-corrected chi connectivity index (χ2v) is 12.8. The molecule has 3 aromatic rings. The quantitative estimate of drug-likeness (QED) is 0.329. The van der Waals surface area contributed by atoms with Gasteiger partial charge in [0.1, 0.15) is 5.60 Å². The van der Waals surface area contributed by atoms with Gasteiger partial charge in [0.15, 0.2) is 0 Å². The summed E-state index contributed by atoms with van der Waals surface area (Å²) in [5.41, 5.74) is 2.10. The molecule has 4 rings (SSSR count). The molecule has 2 heterocycles. The highest BCUT2D eigenvalue weighted by molar-refractivity contribution is 9.10. The Kier molecular flexibility index (Phi) is 8.89. The molecule has 1 aliphatic heterocycles. The zero-order chi connectivity index (χ0) is 26.7. The summed E-state index contributed by atoms with van der Waals surface area (Å²) in [5.74, 6) is 0.935. The van der Waals surface area contributed by atoms with E-state index in [0.29, 0.717) is 29.0 Å². The van der Waals surface area contributed by atoms with Crippen molar-refractivity contribution in [2.45, 2.75) is 63.7 Å². The number of likely N-dealkylation sites (tertiary alicyclic amines) is 1. The van der Waals surface area contributed by atoms with E-state index < -0.39 is 5.60 Å². The average molecular weight is 608 g/mol. The van der Waals surface area contributed by atoms with Crippen molar-refractivity contribution in [2.24, 2.45) is 0 Å². The normalized spacial score (nSPS) is 16.3. The number of nitrogens with zero attached hydrogens (tertiary/aromatic N) is 3. The summed E-state index contributed by atoms with van der Waals surface area (Å²) in [5, 5.41) is 4.18. The van der Waals surface area contributed by atoms with E-state index in [1.165, 1.54) is 0 Å². The molecule has 1 amide bonds. The Morgan fingerprint density at radius 2 is 2.03 bits per heavy atom. The number of alkyl carbamates (subject to hydrolysis) is 1. The number of hydrogen-bond acceptors (Lipinski definition) is 6. The van der Waals surface area contributed by atoms with Crippen LogP contribution in [0.15, 0.2) is 50.8 Å². The van der Waals surface area contributed by atoms with Crippen molar-refractivity contribution < 1.29 is 9.53 Å². The van der Waals surface area contributed by atoms with Crippen molar-refractivity contribution in [3.05, 3.63) is 67.6 Å². The third-order valence-corrected chi connectivity index (χ3v) is 8.01. The molecule has 7 nitrogen and oxygen atoms in total. The maximum absolute atomic E-state index is 13.3. The third kappa shape index (κ3) is 7.28. The van der Waals surface area contributed by atoms with E-state index in [2.05, 4.69) is 38.1 Å². The van der Waals surface area contributed by atoms with Gasteiger partial charge in [0.25, 0.3) is 5.56 Å². The molecule has 0 saturated carbocycles. The first kappa shape index (κ1) is 28.0. The lowest BCUT2D eigenvalue weighted by Gasteiger charge is -2.22. The molecule has 2 aromatic carbocycles. The minimum Gasteiger partial charge on any atom is -0.444 e. The molecule has 1 fully saturated rings. The predicted molar refractivity (Wildman–Crippen MR) is 154 cm³/mol. The number of halogens is 2. The Morgan fingerprint density at radius 3 is 2.76 bits per heavy atom. The first-order valence-corrected chi connectivity index (χ1v) is 14.5. The Labute approximate surface area is 235 Å². The van der Waals surface area contributed by atoms with Gasteiger partial charge in [-0.1, -0.05) is 34.5 Å². The Morgan fingerprint density at radius 1 is 1.24 bits per heavy atom. The largest absolute Gasteiger partial charge is 0.444 e. The SMILES string of the molecule is CCSc1ccc(Cl)cc1Cn1cnc2cc(CN3CC[C@@H](NC(=O)OC(C)(C)C)C3)c(Br)cc2c1=O. The van der Waals surface area contributed by atoms with Crippen LogP contribution >= 0.6 is 39.3 Å². The number of benzene rings is 2. The monoisotopic (exact) mass is 606 g/mol. The summed E-state index contributed by atoms with van der Waals surface area (Å²) in [4.78, 5) is 33.5. The van der Waals surface area contributed by atoms with Gasteiger partial charge in [0.2, 0.25) is 0 Å². The molecular formula is C27H32BrClN4O3S. The highest BCUT2D eigenvalue weighted by atomic mass is 79.9. The van der Waals surface area contributed by atoms with Crippen LogP contribution in [0.25, 0.3) is 10.9 Å². The number of ether oxygens (including phenoxy) is 1. The van der Waals surface area contributed by atoms with Gasteiger partial charge in [-0.25, -0.2) is 9.78 Å². The van der Waals surface area contributed by atoms with Crippen LogP contribution in [-0.2, 0) is 17.8 Å². The van der Waals surface area contributed by atoms with Gasteiger partial charge in [0, 0.05) is 40.1 Å².